The van der Waals surface area contributed by atoms with Crippen LogP contribution in [0.1, 0.15) is 0 Å². The minimum Gasteiger partial charge on any atom is -0.265 e. The Bertz CT molecular complexity index is 927. The van der Waals surface area contributed by atoms with Gasteiger partial charge in [0.25, 0.3) is 0 Å². The second kappa shape index (κ2) is 4.21. The highest BCUT2D eigenvalue weighted by atomic mass is 35.5. The minimum atomic E-state index is 0.383. The molecule has 96 valence electrons. The van der Waals surface area contributed by atoms with Gasteiger partial charge in [0.15, 0.2) is 11.5 Å². The van der Waals surface area contributed by atoms with E-state index >= 15 is 0 Å². The van der Waals surface area contributed by atoms with Crippen molar-refractivity contribution in [3.05, 3.63) is 48.1 Å². The predicted molar refractivity (Wildman–Crippen MR) is 74.3 cm³/mol. The van der Waals surface area contributed by atoms with E-state index in [0.29, 0.717) is 16.6 Å². The van der Waals surface area contributed by atoms with Gasteiger partial charge in [-0.05, 0) is 12.1 Å². The summed E-state index contributed by atoms with van der Waals surface area (Å²) in [5.74, 6) is 0.662. The quantitative estimate of drug-likeness (QED) is 0.501. The van der Waals surface area contributed by atoms with E-state index in [1.165, 1.54) is 0 Å². The highest BCUT2D eigenvalue weighted by Gasteiger charge is 2.12. The van der Waals surface area contributed by atoms with Crippen molar-refractivity contribution >= 4 is 28.3 Å². The molecular weight excluding hydrogens is 276 g/mol. The van der Waals surface area contributed by atoms with Crippen LogP contribution in [-0.4, -0.2) is 29.5 Å². The SMILES string of the molecule is Clc1cc2nnc(-c3cccc4nccnc34)n2cn1. The van der Waals surface area contributed by atoms with E-state index in [-0.39, 0.29) is 0 Å². The third-order valence-corrected chi connectivity index (χ3v) is 3.21. The van der Waals surface area contributed by atoms with Crippen LogP contribution >= 0.6 is 11.6 Å². The van der Waals surface area contributed by atoms with Gasteiger partial charge >= 0.3 is 0 Å². The summed E-state index contributed by atoms with van der Waals surface area (Å²) in [5.41, 5.74) is 3.08. The van der Waals surface area contributed by atoms with E-state index in [1.807, 2.05) is 18.2 Å². The number of hydrogen-bond acceptors (Lipinski definition) is 5. The molecule has 0 radical (unpaired) electrons. The Labute approximate surface area is 118 Å². The fraction of sp³-hybridized carbons (Fsp3) is 0. The van der Waals surface area contributed by atoms with Crippen molar-refractivity contribution in [2.75, 3.05) is 0 Å². The Balaban J connectivity index is 2.06. The third-order valence-electron chi connectivity index (χ3n) is 3.01. The summed E-state index contributed by atoms with van der Waals surface area (Å²) >= 11 is 5.85. The molecule has 0 amide bonds. The van der Waals surface area contributed by atoms with Crippen molar-refractivity contribution in [3.8, 4) is 11.4 Å². The normalized spacial score (nSPS) is 11.2. The zero-order valence-corrected chi connectivity index (χ0v) is 10.9. The lowest BCUT2D eigenvalue weighted by Crippen LogP contribution is -1.93. The van der Waals surface area contributed by atoms with Crippen molar-refractivity contribution in [3.63, 3.8) is 0 Å². The predicted octanol–water partition coefficient (Wildman–Crippen LogP) is 2.39. The lowest BCUT2D eigenvalue weighted by atomic mass is 10.1. The molecule has 0 aliphatic heterocycles. The van der Waals surface area contributed by atoms with Gasteiger partial charge in [-0.25, -0.2) is 4.98 Å². The summed E-state index contributed by atoms with van der Waals surface area (Å²) in [4.78, 5) is 12.7. The molecule has 0 N–H and O–H groups in total. The number of benzene rings is 1. The van der Waals surface area contributed by atoms with Crippen LogP contribution < -0.4 is 0 Å². The van der Waals surface area contributed by atoms with Gasteiger partial charge < -0.3 is 0 Å². The summed E-state index contributed by atoms with van der Waals surface area (Å²) < 4.78 is 1.77. The maximum atomic E-state index is 5.85. The summed E-state index contributed by atoms with van der Waals surface area (Å²) in [5, 5.41) is 8.69. The summed E-state index contributed by atoms with van der Waals surface area (Å²) in [6.07, 6.45) is 4.92. The summed E-state index contributed by atoms with van der Waals surface area (Å²) in [7, 11) is 0. The van der Waals surface area contributed by atoms with Crippen LogP contribution in [-0.2, 0) is 0 Å². The number of rotatable bonds is 1. The fourth-order valence-corrected chi connectivity index (χ4v) is 2.27. The zero-order valence-electron chi connectivity index (χ0n) is 10.1. The summed E-state index contributed by atoms with van der Waals surface area (Å²) in [6.45, 7) is 0. The Hall–Kier alpha value is -2.60. The van der Waals surface area contributed by atoms with Crippen LogP contribution in [0.15, 0.2) is 43.0 Å². The van der Waals surface area contributed by atoms with Gasteiger partial charge in [0, 0.05) is 24.0 Å². The van der Waals surface area contributed by atoms with Crippen molar-refractivity contribution in [1.29, 1.82) is 0 Å². The lowest BCUT2D eigenvalue weighted by Gasteiger charge is -2.03. The third kappa shape index (κ3) is 1.62. The second-order valence-electron chi connectivity index (χ2n) is 4.19. The van der Waals surface area contributed by atoms with Gasteiger partial charge in [-0.3, -0.25) is 14.4 Å². The van der Waals surface area contributed by atoms with E-state index in [1.54, 1.807) is 29.2 Å². The first-order chi connectivity index (χ1) is 9.83. The average molecular weight is 283 g/mol. The Morgan fingerprint density at radius 3 is 2.85 bits per heavy atom. The van der Waals surface area contributed by atoms with Gasteiger partial charge in [0.2, 0.25) is 0 Å². The van der Waals surface area contributed by atoms with E-state index in [9.17, 15) is 0 Å². The number of halogens is 1. The van der Waals surface area contributed by atoms with Gasteiger partial charge in [-0.15, -0.1) is 10.2 Å². The van der Waals surface area contributed by atoms with Crippen molar-refractivity contribution in [2.45, 2.75) is 0 Å². The van der Waals surface area contributed by atoms with Gasteiger partial charge in [0.05, 0.1) is 11.0 Å². The molecule has 6 nitrogen and oxygen atoms in total. The first kappa shape index (κ1) is 11.2. The summed E-state index contributed by atoms with van der Waals surface area (Å²) in [6, 6.07) is 7.41. The van der Waals surface area contributed by atoms with E-state index in [2.05, 4.69) is 25.1 Å². The molecule has 3 heterocycles. The van der Waals surface area contributed by atoms with Crippen LogP contribution in [0.5, 0.6) is 0 Å². The molecule has 3 aromatic heterocycles. The van der Waals surface area contributed by atoms with Gasteiger partial charge in [-0.1, -0.05) is 17.7 Å². The van der Waals surface area contributed by atoms with Crippen molar-refractivity contribution in [1.82, 2.24) is 29.5 Å². The highest BCUT2D eigenvalue weighted by molar-refractivity contribution is 6.29. The highest BCUT2D eigenvalue weighted by Crippen LogP contribution is 2.25. The number of nitrogens with zero attached hydrogens (tertiary/aromatic N) is 6. The largest absolute Gasteiger partial charge is 0.265 e. The molecule has 1 aromatic carbocycles. The lowest BCUT2D eigenvalue weighted by molar-refractivity contribution is 1.08. The monoisotopic (exact) mass is 282 g/mol. The smallest absolute Gasteiger partial charge is 0.171 e. The number of para-hydroxylation sites is 1. The van der Waals surface area contributed by atoms with Crippen molar-refractivity contribution in [2.24, 2.45) is 0 Å². The van der Waals surface area contributed by atoms with Crippen LogP contribution in [0.25, 0.3) is 28.1 Å². The van der Waals surface area contributed by atoms with Crippen LogP contribution in [0.3, 0.4) is 0 Å². The first-order valence-corrected chi connectivity index (χ1v) is 6.27. The maximum absolute atomic E-state index is 5.85. The molecule has 0 atom stereocenters. The Kier molecular flexibility index (Phi) is 2.37. The van der Waals surface area contributed by atoms with Crippen LogP contribution in [0.2, 0.25) is 5.15 Å². The standard InChI is InChI=1S/C13H7ClN6/c14-10-6-11-18-19-13(20(11)7-17-10)8-2-1-3-9-12(8)16-5-4-15-9/h1-7H. The maximum Gasteiger partial charge on any atom is 0.171 e. The van der Waals surface area contributed by atoms with Crippen molar-refractivity contribution < 1.29 is 0 Å². The average Bonchev–Trinajstić information content (AvgIpc) is 2.89. The molecule has 4 rings (SSSR count). The second-order valence-corrected chi connectivity index (χ2v) is 4.58. The minimum absolute atomic E-state index is 0.383. The van der Waals surface area contributed by atoms with Gasteiger partial charge in [0.1, 0.15) is 11.5 Å². The van der Waals surface area contributed by atoms with Crippen LogP contribution in [0, 0.1) is 0 Å². The number of fused-ring (bicyclic) bond motifs is 2. The molecule has 20 heavy (non-hydrogen) atoms. The zero-order chi connectivity index (χ0) is 13.5. The molecule has 0 spiro atoms. The molecule has 7 heteroatoms. The number of hydrogen-bond donors (Lipinski definition) is 0. The van der Waals surface area contributed by atoms with Gasteiger partial charge in [-0.2, -0.15) is 0 Å². The molecule has 0 aliphatic rings. The Morgan fingerprint density at radius 2 is 1.90 bits per heavy atom. The van der Waals surface area contributed by atoms with E-state index in [4.69, 9.17) is 11.6 Å². The topological polar surface area (TPSA) is 68.9 Å². The molecular formula is C13H7ClN6. The number of aromatic nitrogens is 6. The molecule has 4 aromatic rings. The molecule has 0 unspecified atom stereocenters. The molecule has 0 aliphatic carbocycles. The van der Waals surface area contributed by atoms with E-state index in [0.717, 1.165) is 16.6 Å². The first-order valence-electron chi connectivity index (χ1n) is 5.89. The molecule has 0 saturated carbocycles. The Morgan fingerprint density at radius 1 is 1.00 bits per heavy atom. The fourth-order valence-electron chi connectivity index (χ4n) is 2.13. The van der Waals surface area contributed by atoms with Crippen LogP contribution in [0.4, 0.5) is 0 Å². The molecule has 0 saturated heterocycles. The molecule has 0 bridgehead atoms. The molecule has 0 fully saturated rings. The van der Waals surface area contributed by atoms with E-state index < -0.39 is 0 Å².